The van der Waals surface area contributed by atoms with Crippen LogP contribution in [0.3, 0.4) is 0 Å². The van der Waals surface area contributed by atoms with Crippen LogP contribution < -0.4 is 19.7 Å². The van der Waals surface area contributed by atoms with Crippen LogP contribution in [0.1, 0.15) is 37.7 Å². The highest BCUT2D eigenvalue weighted by atomic mass is 19.1. The molecule has 9 nitrogen and oxygen atoms in total. The van der Waals surface area contributed by atoms with Gasteiger partial charge >= 0.3 is 12.0 Å². The van der Waals surface area contributed by atoms with Gasteiger partial charge in [0.15, 0.2) is 17.5 Å². The van der Waals surface area contributed by atoms with Crippen molar-refractivity contribution in [1.29, 1.82) is 0 Å². The van der Waals surface area contributed by atoms with Gasteiger partial charge in [-0.2, -0.15) is 9.97 Å². The van der Waals surface area contributed by atoms with Crippen LogP contribution in [-0.4, -0.2) is 84.3 Å². The number of rotatable bonds is 7. The molecule has 234 valence electrons. The number of phenols is 1. The van der Waals surface area contributed by atoms with Gasteiger partial charge in [0.25, 0.3) is 0 Å². The number of aromatic hydroxyl groups is 1. The Morgan fingerprint density at radius 1 is 1.07 bits per heavy atom. The number of pyridine rings is 1. The van der Waals surface area contributed by atoms with Crippen molar-refractivity contribution in [3.05, 3.63) is 53.9 Å². The van der Waals surface area contributed by atoms with E-state index in [1.165, 1.54) is 35.0 Å². The Labute approximate surface area is 261 Å². The summed E-state index contributed by atoms with van der Waals surface area (Å²) in [4.78, 5) is 14.3. The fourth-order valence-corrected chi connectivity index (χ4v) is 6.54. The van der Waals surface area contributed by atoms with Gasteiger partial charge in [0, 0.05) is 57.3 Å². The molecule has 1 aliphatic carbocycles. The van der Waals surface area contributed by atoms with Crippen molar-refractivity contribution in [3.63, 3.8) is 0 Å². The van der Waals surface area contributed by atoms with Crippen LogP contribution in [0, 0.1) is 29.5 Å². The number of piperazine rings is 1. The summed E-state index contributed by atoms with van der Waals surface area (Å²) in [5.41, 5.74) is 3.73. The Bertz CT molecular complexity index is 1790. The lowest BCUT2D eigenvalue weighted by molar-refractivity contribution is -0.624. The minimum Gasteiger partial charge on any atom is -0.508 e. The second-order valence-electron chi connectivity index (χ2n) is 12.7. The van der Waals surface area contributed by atoms with Gasteiger partial charge in [-0.05, 0) is 50.2 Å². The first-order valence-corrected chi connectivity index (χ1v) is 15.7. The first-order chi connectivity index (χ1) is 21.8. The summed E-state index contributed by atoms with van der Waals surface area (Å²) in [6.07, 6.45) is 12.5. The number of anilines is 1. The number of fused-ring (bicyclic) bond motifs is 2. The number of hydrazine groups is 1. The molecule has 3 aliphatic rings. The maximum atomic E-state index is 16.7. The third kappa shape index (κ3) is 5.86. The summed E-state index contributed by atoms with van der Waals surface area (Å²) in [7, 11) is 2.15. The Morgan fingerprint density at radius 3 is 2.67 bits per heavy atom. The van der Waals surface area contributed by atoms with Gasteiger partial charge in [0.1, 0.15) is 11.6 Å². The molecule has 0 atom stereocenters. The molecule has 3 fully saturated rings. The number of aromatic nitrogens is 3. The van der Waals surface area contributed by atoms with Crippen LogP contribution in [0.2, 0.25) is 0 Å². The second-order valence-corrected chi connectivity index (χ2v) is 12.7. The first kappa shape index (κ1) is 29.6. The number of likely N-dealkylation sites (N-methyl/N-ethyl adjacent to an activating group) is 1. The zero-order valence-corrected chi connectivity index (χ0v) is 25.5. The van der Waals surface area contributed by atoms with Crippen LogP contribution >= 0.6 is 0 Å². The van der Waals surface area contributed by atoms with Gasteiger partial charge in [-0.25, -0.2) is 9.82 Å². The van der Waals surface area contributed by atoms with E-state index in [2.05, 4.69) is 33.2 Å². The molecule has 0 unspecified atom stereocenters. The highest BCUT2D eigenvalue weighted by Gasteiger charge is 2.45. The van der Waals surface area contributed by atoms with Crippen molar-refractivity contribution in [2.45, 2.75) is 32.1 Å². The van der Waals surface area contributed by atoms with Crippen LogP contribution in [0.5, 0.6) is 11.8 Å². The Balaban J connectivity index is 1.30. The summed E-state index contributed by atoms with van der Waals surface area (Å²) < 4.78 is 39.1. The Kier molecular flexibility index (Phi) is 7.89. The summed E-state index contributed by atoms with van der Waals surface area (Å²) in [5.74, 6) is 1.54. The van der Waals surface area contributed by atoms with Crippen molar-refractivity contribution >= 4 is 27.5 Å². The van der Waals surface area contributed by atoms with Crippen molar-refractivity contribution in [1.82, 2.24) is 25.2 Å². The fraction of sp³-hybridized carbons (Fsp3) is 0.441. The maximum absolute atomic E-state index is 16.7. The van der Waals surface area contributed by atoms with Crippen LogP contribution in [0.15, 0.2) is 36.5 Å². The zero-order valence-electron chi connectivity index (χ0n) is 25.5. The van der Waals surface area contributed by atoms with E-state index in [0.717, 1.165) is 71.4 Å². The molecule has 0 spiro atoms. The van der Waals surface area contributed by atoms with Gasteiger partial charge in [-0.1, -0.05) is 18.4 Å². The van der Waals surface area contributed by atoms with E-state index >= 15 is 4.39 Å². The van der Waals surface area contributed by atoms with E-state index in [-0.39, 0.29) is 33.9 Å². The van der Waals surface area contributed by atoms with Crippen molar-refractivity contribution in [2.75, 3.05) is 64.5 Å². The molecule has 2 N–H and O–H groups in total. The summed E-state index contributed by atoms with van der Waals surface area (Å²) in [6, 6.07) is 7.47. The lowest BCUT2D eigenvalue weighted by atomic mass is 10.0. The SMILES string of the molecule is C#Cc1c(F)ccc2cc(O)cc(-[n+]3ccc4c(N5CCCCCN5)nc(OCC5(CN6CCN(C)CC6)CC5)nc4c3F)c12. The molecule has 4 heterocycles. The molecule has 2 aromatic heterocycles. The van der Waals surface area contributed by atoms with Crippen molar-refractivity contribution in [2.24, 2.45) is 5.41 Å². The van der Waals surface area contributed by atoms with Gasteiger partial charge in [-0.15, -0.1) is 15.4 Å². The van der Waals surface area contributed by atoms with Crippen LogP contribution in [-0.2, 0) is 0 Å². The molecule has 7 rings (SSSR count). The number of halogens is 2. The van der Waals surface area contributed by atoms with Gasteiger partial charge in [-0.3, -0.25) is 5.01 Å². The molecule has 2 aliphatic heterocycles. The molecule has 2 saturated heterocycles. The molecule has 0 radical (unpaired) electrons. The second kappa shape index (κ2) is 12.0. The minimum absolute atomic E-state index is 0.00857. The molecule has 0 amide bonds. The van der Waals surface area contributed by atoms with E-state index in [1.54, 1.807) is 6.07 Å². The van der Waals surface area contributed by atoms with Crippen LogP contribution in [0.4, 0.5) is 14.6 Å². The third-order valence-corrected chi connectivity index (χ3v) is 9.37. The number of nitrogens with one attached hydrogen (secondary N) is 1. The molecule has 1 saturated carbocycles. The van der Waals surface area contributed by atoms with Crippen molar-refractivity contribution < 1.29 is 23.2 Å². The first-order valence-electron chi connectivity index (χ1n) is 15.7. The summed E-state index contributed by atoms with van der Waals surface area (Å²) in [5, 5.41) is 13.8. The van der Waals surface area contributed by atoms with Crippen LogP contribution in [0.25, 0.3) is 27.4 Å². The summed E-state index contributed by atoms with van der Waals surface area (Å²) >= 11 is 0. The number of hydrogen-bond donors (Lipinski definition) is 2. The molecular formula is C34H38F2N7O2+. The minimum atomic E-state index is -0.700. The average Bonchev–Trinajstić information content (AvgIpc) is 3.85. The number of nitrogens with zero attached hydrogens (tertiary/aromatic N) is 6. The average molecular weight is 615 g/mol. The number of benzene rings is 2. The largest absolute Gasteiger partial charge is 0.508 e. The number of terminal acetylenes is 1. The van der Waals surface area contributed by atoms with Gasteiger partial charge < -0.3 is 19.6 Å². The lowest BCUT2D eigenvalue weighted by Crippen LogP contribution is -2.47. The topological polar surface area (TPSA) is 80.9 Å². The predicted molar refractivity (Wildman–Crippen MR) is 168 cm³/mol. The van der Waals surface area contributed by atoms with E-state index in [1.807, 2.05) is 5.01 Å². The molecular weight excluding hydrogens is 576 g/mol. The van der Waals surface area contributed by atoms with E-state index < -0.39 is 11.8 Å². The van der Waals surface area contributed by atoms with E-state index in [0.29, 0.717) is 35.1 Å². The maximum Gasteiger partial charge on any atom is 0.392 e. The number of hydrogen-bond acceptors (Lipinski definition) is 8. The molecule has 45 heavy (non-hydrogen) atoms. The quantitative estimate of drug-likeness (QED) is 0.184. The van der Waals surface area contributed by atoms with Crippen molar-refractivity contribution in [3.8, 4) is 29.8 Å². The highest BCUT2D eigenvalue weighted by Crippen LogP contribution is 2.46. The lowest BCUT2D eigenvalue weighted by Gasteiger charge is -2.34. The smallest absolute Gasteiger partial charge is 0.392 e. The predicted octanol–water partition coefficient (Wildman–Crippen LogP) is 3.93. The molecule has 0 bridgehead atoms. The van der Waals surface area contributed by atoms with E-state index in [4.69, 9.17) is 16.1 Å². The van der Waals surface area contributed by atoms with Gasteiger partial charge in [0.2, 0.25) is 5.69 Å². The highest BCUT2D eigenvalue weighted by molar-refractivity contribution is 5.95. The Morgan fingerprint density at radius 2 is 1.89 bits per heavy atom. The number of phenolic OH excluding ortho intramolecular Hbond substituents is 1. The summed E-state index contributed by atoms with van der Waals surface area (Å²) in [6.45, 7) is 7.08. The molecule has 4 aromatic rings. The monoisotopic (exact) mass is 614 g/mol. The fourth-order valence-electron chi connectivity index (χ4n) is 6.54. The van der Waals surface area contributed by atoms with E-state index in [9.17, 15) is 9.50 Å². The number of ether oxygens (including phenoxy) is 1. The van der Waals surface area contributed by atoms with Gasteiger partial charge in [0.05, 0.1) is 29.0 Å². The Hall–Kier alpha value is -4.11. The third-order valence-electron chi connectivity index (χ3n) is 9.37. The normalized spacial score (nSPS) is 19.0. The molecule has 11 heteroatoms. The standard InChI is InChI=1S/C34H37F2N7O2/c1-3-25-27(35)8-7-23-19-24(44)20-28(29(23)25)42-14-9-26-30(31(42)36)38-33(39-32(26)43-13-6-4-5-12-37-43)45-22-34(10-11-34)21-41-17-15-40(2)16-18-41/h1,7-9,14,19-20,37H,4-6,10-13,15-18,21-22H2,2H3/p+1. The molecule has 2 aromatic carbocycles. The zero-order chi connectivity index (χ0) is 31.1.